The number of nitrogens with zero attached hydrogens (tertiary/aromatic N) is 2. The van der Waals surface area contributed by atoms with Crippen molar-refractivity contribution in [2.45, 2.75) is 52.1 Å². The molecular formula is C19H27N3O2. The Balaban J connectivity index is 1.65. The number of hydrogen-bond donors (Lipinski definition) is 1. The van der Waals surface area contributed by atoms with Gasteiger partial charge in [0, 0.05) is 13.1 Å². The summed E-state index contributed by atoms with van der Waals surface area (Å²) in [5.41, 5.74) is 1.90. The van der Waals surface area contributed by atoms with Gasteiger partial charge in [-0.1, -0.05) is 38.1 Å². The fraction of sp³-hybridized carbons (Fsp3) is 0.579. The monoisotopic (exact) mass is 329 g/mol. The van der Waals surface area contributed by atoms with E-state index >= 15 is 0 Å². The van der Waals surface area contributed by atoms with E-state index in [0.717, 1.165) is 25.9 Å². The maximum atomic E-state index is 12.8. The number of carbonyl (C=O) groups is 2. The van der Waals surface area contributed by atoms with Crippen LogP contribution in [-0.4, -0.2) is 40.5 Å². The van der Waals surface area contributed by atoms with E-state index < -0.39 is 5.54 Å². The molecule has 5 nitrogen and oxygen atoms in total. The van der Waals surface area contributed by atoms with Crippen LogP contribution >= 0.6 is 0 Å². The average molecular weight is 329 g/mol. The highest BCUT2D eigenvalue weighted by Gasteiger charge is 2.47. The van der Waals surface area contributed by atoms with E-state index in [4.69, 9.17) is 0 Å². The Labute approximate surface area is 144 Å². The normalized spacial score (nSPS) is 24.4. The van der Waals surface area contributed by atoms with Gasteiger partial charge in [0.1, 0.15) is 5.54 Å². The summed E-state index contributed by atoms with van der Waals surface area (Å²) in [5, 5.41) is 2.90. The topological polar surface area (TPSA) is 52.7 Å². The molecule has 1 aromatic rings. The molecule has 0 radical (unpaired) electrons. The highest BCUT2D eigenvalue weighted by Crippen LogP contribution is 2.26. The lowest BCUT2D eigenvalue weighted by atomic mass is 9.92. The van der Waals surface area contributed by atoms with Crippen molar-refractivity contribution in [1.82, 2.24) is 15.1 Å². The smallest absolute Gasteiger partial charge is 0.323 e. The summed E-state index contributed by atoms with van der Waals surface area (Å²) in [5.74, 6) is 0.422. The third-order valence-corrected chi connectivity index (χ3v) is 5.12. The summed E-state index contributed by atoms with van der Waals surface area (Å²) >= 11 is 0. The number of rotatable bonds is 5. The van der Waals surface area contributed by atoms with Crippen molar-refractivity contribution in [1.29, 1.82) is 0 Å². The van der Waals surface area contributed by atoms with Crippen LogP contribution < -0.4 is 5.32 Å². The van der Waals surface area contributed by atoms with Gasteiger partial charge in [-0.15, -0.1) is 0 Å². The fourth-order valence-corrected chi connectivity index (χ4v) is 3.50. The standard InChI is InChI=1S/C19H27N3O2/c1-14(2)8-10-19(3)17(23)22(18(24)20-19)13-21-11-9-15-6-4-5-7-16(15)12-21/h4-7,14H,8-13H2,1-3H3,(H,20,24)/t19-/m1/s1. The summed E-state index contributed by atoms with van der Waals surface area (Å²) < 4.78 is 0. The molecule has 1 saturated heterocycles. The molecule has 24 heavy (non-hydrogen) atoms. The predicted molar refractivity (Wildman–Crippen MR) is 93.3 cm³/mol. The number of hydrogen-bond acceptors (Lipinski definition) is 3. The molecule has 0 aliphatic carbocycles. The Morgan fingerprint density at radius 1 is 1.21 bits per heavy atom. The second-order valence-corrected chi connectivity index (χ2v) is 7.64. The number of benzene rings is 1. The fourth-order valence-electron chi connectivity index (χ4n) is 3.50. The predicted octanol–water partition coefficient (Wildman–Crippen LogP) is 2.75. The van der Waals surface area contributed by atoms with Gasteiger partial charge in [0.05, 0.1) is 6.67 Å². The third kappa shape index (κ3) is 3.31. The zero-order valence-electron chi connectivity index (χ0n) is 14.8. The molecule has 0 aromatic heterocycles. The third-order valence-electron chi connectivity index (χ3n) is 5.12. The van der Waals surface area contributed by atoms with Crippen LogP contribution in [0.15, 0.2) is 24.3 Å². The molecule has 1 aromatic carbocycles. The maximum absolute atomic E-state index is 12.8. The number of carbonyl (C=O) groups excluding carboxylic acids is 2. The molecule has 130 valence electrons. The number of fused-ring (bicyclic) bond motifs is 1. The van der Waals surface area contributed by atoms with Gasteiger partial charge >= 0.3 is 6.03 Å². The molecule has 0 saturated carbocycles. The van der Waals surface area contributed by atoms with Gasteiger partial charge in [-0.25, -0.2) is 9.69 Å². The Kier molecular flexibility index (Phi) is 4.63. The lowest BCUT2D eigenvalue weighted by molar-refractivity contribution is -0.132. The molecule has 1 N–H and O–H groups in total. The van der Waals surface area contributed by atoms with Crippen molar-refractivity contribution in [2.24, 2.45) is 5.92 Å². The van der Waals surface area contributed by atoms with E-state index in [1.165, 1.54) is 16.0 Å². The highest BCUT2D eigenvalue weighted by atomic mass is 16.2. The second kappa shape index (κ2) is 6.55. The minimum atomic E-state index is -0.755. The molecular weight excluding hydrogens is 302 g/mol. The lowest BCUT2D eigenvalue weighted by Crippen LogP contribution is -2.46. The van der Waals surface area contributed by atoms with Crippen molar-refractivity contribution >= 4 is 11.9 Å². The second-order valence-electron chi connectivity index (χ2n) is 7.64. The number of amides is 3. The lowest BCUT2D eigenvalue weighted by Gasteiger charge is -2.31. The zero-order chi connectivity index (χ0) is 17.3. The van der Waals surface area contributed by atoms with Gasteiger partial charge < -0.3 is 5.32 Å². The first-order valence-corrected chi connectivity index (χ1v) is 8.82. The first kappa shape index (κ1) is 17.0. The first-order valence-electron chi connectivity index (χ1n) is 8.82. The summed E-state index contributed by atoms with van der Waals surface area (Å²) in [6.07, 6.45) is 2.58. The average Bonchev–Trinajstić information content (AvgIpc) is 2.77. The number of imide groups is 1. The molecule has 5 heteroatoms. The van der Waals surface area contributed by atoms with Gasteiger partial charge in [-0.05, 0) is 43.2 Å². The van der Waals surface area contributed by atoms with Crippen molar-refractivity contribution in [3.63, 3.8) is 0 Å². The quantitative estimate of drug-likeness (QED) is 0.845. The van der Waals surface area contributed by atoms with E-state index in [0.29, 0.717) is 19.0 Å². The Morgan fingerprint density at radius 3 is 2.62 bits per heavy atom. The Hall–Kier alpha value is -1.88. The van der Waals surface area contributed by atoms with E-state index in [-0.39, 0.29) is 11.9 Å². The molecule has 1 atom stereocenters. The van der Waals surface area contributed by atoms with Crippen LogP contribution in [0.1, 0.15) is 44.7 Å². The van der Waals surface area contributed by atoms with Crippen LogP contribution in [-0.2, 0) is 17.8 Å². The van der Waals surface area contributed by atoms with Gasteiger partial charge in [-0.3, -0.25) is 9.69 Å². The largest absolute Gasteiger partial charge is 0.326 e. The Morgan fingerprint density at radius 2 is 1.92 bits per heavy atom. The molecule has 0 unspecified atom stereocenters. The summed E-state index contributed by atoms with van der Waals surface area (Å²) in [7, 11) is 0. The van der Waals surface area contributed by atoms with Crippen LogP contribution in [0, 0.1) is 5.92 Å². The number of nitrogens with one attached hydrogen (secondary N) is 1. The van der Waals surface area contributed by atoms with E-state index in [1.807, 2.05) is 13.0 Å². The van der Waals surface area contributed by atoms with Gasteiger partial charge in [-0.2, -0.15) is 0 Å². The molecule has 2 aliphatic heterocycles. The maximum Gasteiger partial charge on any atom is 0.326 e. The first-order chi connectivity index (χ1) is 11.4. The SMILES string of the molecule is CC(C)CC[C@@]1(C)NC(=O)N(CN2CCc3ccccc3C2)C1=O. The van der Waals surface area contributed by atoms with Crippen LogP contribution in [0.3, 0.4) is 0 Å². The molecule has 2 heterocycles. The minimum Gasteiger partial charge on any atom is -0.323 e. The summed E-state index contributed by atoms with van der Waals surface area (Å²) in [4.78, 5) is 28.7. The van der Waals surface area contributed by atoms with Crippen LogP contribution in [0.4, 0.5) is 4.79 Å². The van der Waals surface area contributed by atoms with E-state index in [9.17, 15) is 9.59 Å². The van der Waals surface area contributed by atoms with Crippen molar-refractivity contribution in [3.05, 3.63) is 35.4 Å². The van der Waals surface area contributed by atoms with Crippen LogP contribution in [0.5, 0.6) is 0 Å². The van der Waals surface area contributed by atoms with E-state index in [2.05, 4.69) is 42.3 Å². The van der Waals surface area contributed by atoms with Gasteiger partial charge in [0.15, 0.2) is 0 Å². The van der Waals surface area contributed by atoms with Crippen LogP contribution in [0.25, 0.3) is 0 Å². The van der Waals surface area contributed by atoms with Crippen molar-refractivity contribution in [2.75, 3.05) is 13.2 Å². The van der Waals surface area contributed by atoms with Crippen molar-refractivity contribution in [3.8, 4) is 0 Å². The molecule has 0 bridgehead atoms. The molecule has 1 fully saturated rings. The highest BCUT2D eigenvalue weighted by molar-refractivity contribution is 6.06. The summed E-state index contributed by atoms with van der Waals surface area (Å²) in [6.45, 7) is 8.14. The molecule has 2 aliphatic rings. The zero-order valence-corrected chi connectivity index (χ0v) is 14.8. The van der Waals surface area contributed by atoms with Gasteiger partial charge in [0.25, 0.3) is 5.91 Å². The Bertz CT molecular complexity index is 643. The number of urea groups is 1. The molecule has 3 rings (SSSR count). The van der Waals surface area contributed by atoms with Crippen molar-refractivity contribution < 1.29 is 9.59 Å². The molecule has 0 spiro atoms. The van der Waals surface area contributed by atoms with Gasteiger partial charge in [0.2, 0.25) is 0 Å². The van der Waals surface area contributed by atoms with Crippen LogP contribution in [0.2, 0.25) is 0 Å². The summed E-state index contributed by atoms with van der Waals surface area (Å²) in [6, 6.07) is 8.12. The minimum absolute atomic E-state index is 0.0907. The molecule has 3 amide bonds. The van der Waals surface area contributed by atoms with E-state index in [1.54, 1.807) is 0 Å².